The van der Waals surface area contributed by atoms with E-state index in [2.05, 4.69) is 15.4 Å². The quantitative estimate of drug-likeness (QED) is 0.531. The molecule has 0 aliphatic heterocycles. The minimum Gasteiger partial charge on any atom is -0.364 e. The highest BCUT2D eigenvalue weighted by Gasteiger charge is 2.34. The number of carbonyl (C=O) groups excluding carboxylic acids is 3. The molecule has 3 aromatic rings. The van der Waals surface area contributed by atoms with Crippen LogP contribution in [0.2, 0.25) is 5.02 Å². The van der Waals surface area contributed by atoms with Crippen molar-refractivity contribution in [1.29, 1.82) is 0 Å². The lowest BCUT2D eigenvalue weighted by Crippen LogP contribution is -2.43. The Balaban J connectivity index is 1.45. The first-order chi connectivity index (χ1) is 15.3. The molecule has 3 N–H and O–H groups in total. The van der Waals surface area contributed by atoms with Gasteiger partial charge in [-0.1, -0.05) is 23.7 Å². The SMILES string of the molecule is NC(=O)c1nn(CC(=O)N(CC(=O)NCc2cccc(Cl)c2F)C2CC2)c2ncccc12. The molecule has 1 saturated carbocycles. The molecule has 9 nitrogen and oxygen atoms in total. The lowest BCUT2D eigenvalue weighted by atomic mass is 10.2. The maximum Gasteiger partial charge on any atom is 0.269 e. The summed E-state index contributed by atoms with van der Waals surface area (Å²) in [5.41, 5.74) is 6.02. The summed E-state index contributed by atoms with van der Waals surface area (Å²) in [6.07, 6.45) is 3.09. The zero-order valence-corrected chi connectivity index (χ0v) is 17.7. The third-order valence-corrected chi connectivity index (χ3v) is 5.45. The number of hydrogen-bond donors (Lipinski definition) is 2. The summed E-state index contributed by atoms with van der Waals surface area (Å²) in [4.78, 5) is 42.8. The minimum atomic E-state index is -0.721. The number of nitrogens with one attached hydrogen (secondary N) is 1. The molecule has 0 bridgehead atoms. The standard InChI is InChI=1S/C21H20ClFN6O3/c22-15-5-1-3-12(18(15)23)9-26-16(30)10-28(13-6-7-13)17(31)11-29-21-14(4-2-8-25-21)19(27-29)20(24)32/h1-5,8,13H,6-7,9-11H2,(H2,24,32)(H,26,30). The zero-order valence-electron chi connectivity index (χ0n) is 16.9. The fourth-order valence-corrected chi connectivity index (χ4v) is 3.61. The molecule has 0 saturated heterocycles. The van der Waals surface area contributed by atoms with Gasteiger partial charge in [0.05, 0.1) is 17.0 Å². The molecule has 0 atom stereocenters. The van der Waals surface area contributed by atoms with E-state index in [0.29, 0.717) is 11.0 Å². The number of aromatic nitrogens is 3. The Hall–Kier alpha value is -3.53. The van der Waals surface area contributed by atoms with Crippen LogP contribution in [-0.4, -0.2) is 50.0 Å². The Kier molecular flexibility index (Phi) is 6.04. The smallest absolute Gasteiger partial charge is 0.269 e. The number of benzene rings is 1. The predicted octanol–water partition coefficient (Wildman–Crippen LogP) is 1.63. The average Bonchev–Trinajstić information content (AvgIpc) is 3.54. The highest BCUT2D eigenvalue weighted by Crippen LogP contribution is 2.27. The van der Waals surface area contributed by atoms with Crippen molar-refractivity contribution in [3.8, 4) is 0 Å². The second-order valence-corrected chi connectivity index (χ2v) is 7.89. The van der Waals surface area contributed by atoms with E-state index in [-0.39, 0.29) is 47.9 Å². The van der Waals surface area contributed by atoms with Gasteiger partial charge >= 0.3 is 0 Å². The molecule has 32 heavy (non-hydrogen) atoms. The number of rotatable bonds is 8. The van der Waals surface area contributed by atoms with Crippen molar-refractivity contribution in [2.75, 3.05) is 6.54 Å². The molecule has 2 aromatic heterocycles. The molecule has 1 fully saturated rings. The number of pyridine rings is 1. The summed E-state index contributed by atoms with van der Waals surface area (Å²) in [6.45, 7) is -0.428. The van der Waals surface area contributed by atoms with Crippen LogP contribution in [0.1, 0.15) is 28.9 Å². The molecular weight excluding hydrogens is 439 g/mol. The molecular formula is C21H20ClFN6O3. The van der Waals surface area contributed by atoms with E-state index < -0.39 is 17.6 Å². The van der Waals surface area contributed by atoms with Crippen LogP contribution in [0.5, 0.6) is 0 Å². The number of halogens is 2. The Bertz CT molecular complexity index is 1210. The van der Waals surface area contributed by atoms with Gasteiger partial charge < -0.3 is 16.0 Å². The molecule has 0 radical (unpaired) electrons. The van der Waals surface area contributed by atoms with Gasteiger partial charge in [-0.15, -0.1) is 0 Å². The molecule has 2 heterocycles. The number of carbonyl (C=O) groups is 3. The van der Waals surface area contributed by atoms with E-state index in [9.17, 15) is 18.8 Å². The summed E-state index contributed by atoms with van der Waals surface area (Å²) < 4.78 is 15.3. The summed E-state index contributed by atoms with van der Waals surface area (Å²) >= 11 is 5.76. The van der Waals surface area contributed by atoms with Crippen LogP contribution in [0.15, 0.2) is 36.5 Å². The van der Waals surface area contributed by atoms with Crippen LogP contribution in [0.4, 0.5) is 4.39 Å². The molecule has 4 rings (SSSR count). The predicted molar refractivity (Wildman–Crippen MR) is 114 cm³/mol. The Morgan fingerprint density at radius 2 is 2.03 bits per heavy atom. The third-order valence-electron chi connectivity index (χ3n) is 5.15. The number of fused-ring (bicyclic) bond motifs is 1. The fraction of sp³-hybridized carbons (Fsp3) is 0.286. The van der Waals surface area contributed by atoms with E-state index in [1.807, 2.05) is 0 Å². The first-order valence-electron chi connectivity index (χ1n) is 9.95. The fourth-order valence-electron chi connectivity index (χ4n) is 3.42. The molecule has 11 heteroatoms. The van der Waals surface area contributed by atoms with Crippen LogP contribution in [0, 0.1) is 5.82 Å². The topological polar surface area (TPSA) is 123 Å². The molecule has 0 unspecified atom stereocenters. The monoisotopic (exact) mass is 458 g/mol. The van der Waals surface area contributed by atoms with Gasteiger partial charge in [-0.2, -0.15) is 5.10 Å². The maximum absolute atomic E-state index is 14.0. The number of primary amides is 1. The second-order valence-electron chi connectivity index (χ2n) is 7.49. The lowest BCUT2D eigenvalue weighted by Gasteiger charge is -2.22. The van der Waals surface area contributed by atoms with E-state index in [1.54, 1.807) is 18.2 Å². The zero-order chi connectivity index (χ0) is 22.8. The van der Waals surface area contributed by atoms with Crippen molar-refractivity contribution >= 4 is 40.4 Å². The summed E-state index contributed by atoms with van der Waals surface area (Å²) in [5.74, 6) is -2.08. The van der Waals surface area contributed by atoms with Crippen LogP contribution >= 0.6 is 11.6 Å². The first-order valence-corrected chi connectivity index (χ1v) is 10.3. The van der Waals surface area contributed by atoms with Gasteiger partial charge in [0.25, 0.3) is 5.91 Å². The highest BCUT2D eigenvalue weighted by atomic mass is 35.5. The van der Waals surface area contributed by atoms with E-state index in [4.69, 9.17) is 17.3 Å². The largest absolute Gasteiger partial charge is 0.364 e. The number of nitrogens with zero attached hydrogens (tertiary/aromatic N) is 4. The Morgan fingerprint density at radius 3 is 2.75 bits per heavy atom. The van der Waals surface area contributed by atoms with E-state index in [1.165, 1.54) is 27.9 Å². The molecule has 3 amide bonds. The van der Waals surface area contributed by atoms with E-state index >= 15 is 0 Å². The van der Waals surface area contributed by atoms with Crippen LogP contribution < -0.4 is 11.1 Å². The van der Waals surface area contributed by atoms with Gasteiger partial charge in [0.2, 0.25) is 11.8 Å². The molecule has 1 aliphatic carbocycles. The van der Waals surface area contributed by atoms with Crippen molar-refractivity contribution in [2.24, 2.45) is 5.73 Å². The summed E-state index contributed by atoms with van der Waals surface area (Å²) in [5, 5.41) is 7.19. The number of hydrogen-bond acceptors (Lipinski definition) is 5. The maximum atomic E-state index is 14.0. The molecule has 1 aliphatic rings. The minimum absolute atomic E-state index is 0.0260. The molecule has 1 aromatic carbocycles. The van der Waals surface area contributed by atoms with Gasteiger partial charge in [0, 0.05) is 24.3 Å². The van der Waals surface area contributed by atoms with Gasteiger partial charge in [-0.25, -0.2) is 14.1 Å². The van der Waals surface area contributed by atoms with Gasteiger partial charge in [0.15, 0.2) is 11.3 Å². The summed E-state index contributed by atoms with van der Waals surface area (Å²) in [7, 11) is 0. The van der Waals surface area contributed by atoms with Gasteiger partial charge in [-0.3, -0.25) is 14.4 Å². The Morgan fingerprint density at radius 1 is 1.25 bits per heavy atom. The lowest BCUT2D eigenvalue weighted by molar-refractivity contribution is -0.137. The van der Waals surface area contributed by atoms with Crippen molar-refractivity contribution in [1.82, 2.24) is 25.0 Å². The number of amides is 3. The van der Waals surface area contributed by atoms with Crippen molar-refractivity contribution in [2.45, 2.75) is 32.0 Å². The molecule has 166 valence electrons. The Labute approximate surface area is 187 Å². The van der Waals surface area contributed by atoms with Crippen molar-refractivity contribution in [3.05, 3.63) is 58.6 Å². The number of nitrogens with two attached hydrogens (primary N) is 1. The van der Waals surface area contributed by atoms with E-state index in [0.717, 1.165) is 12.8 Å². The van der Waals surface area contributed by atoms with Crippen LogP contribution in [0.25, 0.3) is 11.0 Å². The second kappa shape index (κ2) is 8.91. The van der Waals surface area contributed by atoms with Crippen LogP contribution in [0.3, 0.4) is 0 Å². The third kappa shape index (κ3) is 4.54. The average molecular weight is 459 g/mol. The van der Waals surface area contributed by atoms with Gasteiger partial charge in [-0.05, 0) is 31.0 Å². The molecule has 0 spiro atoms. The van der Waals surface area contributed by atoms with Crippen molar-refractivity contribution < 1.29 is 18.8 Å². The normalized spacial score (nSPS) is 13.2. The van der Waals surface area contributed by atoms with Crippen LogP contribution in [-0.2, 0) is 22.7 Å². The first kappa shape index (κ1) is 21.7. The summed E-state index contributed by atoms with van der Waals surface area (Å²) in [6, 6.07) is 7.78. The highest BCUT2D eigenvalue weighted by molar-refractivity contribution is 6.30. The van der Waals surface area contributed by atoms with Crippen molar-refractivity contribution in [3.63, 3.8) is 0 Å². The van der Waals surface area contributed by atoms with Gasteiger partial charge in [0.1, 0.15) is 12.4 Å².